The van der Waals surface area contributed by atoms with Crippen LogP contribution >= 0.6 is 11.3 Å². The Kier molecular flexibility index (Phi) is 0.990. The fourth-order valence-corrected chi connectivity index (χ4v) is 1.55. The molecule has 2 nitrogen and oxygen atoms in total. The van der Waals surface area contributed by atoms with E-state index in [1.807, 2.05) is 5.38 Å². The number of hydrogen-bond donors (Lipinski definition) is 1. The first-order chi connectivity index (χ1) is 4.36. The fourth-order valence-electron chi connectivity index (χ4n) is 0.886. The molecule has 1 saturated carbocycles. The molecule has 1 fully saturated rings. The summed E-state index contributed by atoms with van der Waals surface area (Å²) in [5.74, 6) is 0.684. The predicted octanol–water partition coefficient (Wildman–Crippen LogP) is 1.31. The minimum atomic E-state index is 0.0805. The maximum atomic E-state index is 10.6. The van der Waals surface area contributed by atoms with Gasteiger partial charge in [-0.3, -0.25) is 4.79 Å². The molecule has 0 aliphatic heterocycles. The highest BCUT2D eigenvalue weighted by Gasteiger charge is 2.24. The minimum absolute atomic E-state index is 0.0805. The zero-order valence-corrected chi connectivity index (χ0v) is 5.70. The summed E-state index contributed by atoms with van der Waals surface area (Å²) in [6.07, 6.45) is 2.51. The molecule has 0 aromatic carbocycles. The molecule has 48 valence electrons. The largest absolute Gasteiger partial charge is 0.316 e. The van der Waals surface area contributed by atoms with Crippen LogP contribution in [0.25, 0.3) is 0 Å². The number of aromatic amines is 1. The quantitative estimate of drug-likeness (QED) is 0.628. The first-order valence-electron chi connectivity index (χ1n) is 3.04. The van der Waals surface area contributed by atoms with Crippen LogP contribution in [0.5, 0.6) is 0 Å². The lowest BCUT2D eigenvalue weighted by Crippen LogP contribution is -1.93. The normalized spacial score (nSPS) is 18.2. The van der Waals surface area contributed by atoms with Gasteiger partial charge >= 0.3 is 4.87 Å². The van der Waals surface area contributed by atoms with Crippen LogP contribution in [0.3, 0.4) is 0 Å². The van der Waals surface area contributed by atoms with Crippen LogP contribution in [0, 0.1) is 0 Å². The van der Waals surface area contributed by atoms with E-state index in [1.165, 1.54) is 24.2 Å². The summed E-state index contributed by atoms with van der Waals surface area (Å²) in [6, 6.07) is 0. The molecule has 0 atom stereocenters. The average Bonchev–Trinajstić information content (AvgIpc) is 2.58. The van der Waals surface area contributed by atoms with Gasteiger partial charge in [-0.1, -0.05) is 11.3 Å². The number of hydrogen-bond acceptors (Lipinski definition) is 2. The summed E-state index contributed by atoms with van der Waals surface area (Å²) in [4.78, 5) is 13.5. The molecule has 2 rings (SSSR count). The van der Waals surface area contributed by atoms with Gasteiger partial charge in [0.15, 0.2) is 0 Å². The zero-order valence-electron chi connectivity index (χ0n) is 4.89. The van der Waals surface area contributed by atoms with E-state index in [0.717, 1.165) is 5.69 Å². The summed E-state index contributed by atoms with van der Waals surface area (Å²) in [5, 5.41) is 1.93. The molecule has 1 aromatic rings. The summed E-state index contributed by atoms with van der Waals surface area (Å²) >= 11 is 1.26. The Morgan fingerprint density at radius 2 is 2.44 bits per heavy atom. The molecule has 0 bridgehead atoms. The van der Waals surface area contributed by atoms with Crippen molar-refractivity contribution in [1.29, 1.82) is 0 Å². The Bertz CT molecular complexity index is 258. The smallest absolute Gasteiger partial charge is 0.304 e. The number of thiazole rings is 1. The number of nitrogens with one attached hydrogen (secondary N) is 1. The number of H-pyrrole nitrogens is 1. The van der Waals surface area contributed by atoms with Crippen molar-refractivity contribution in [2.45, 2.75) is 18.8 Å². The van der Waals surface area contributed by atoms with Crippen LogP contribution in [0.2, 0.25) is 0 Å². The standard InChI is InChI=1S/C6H7NOS/c8-6-7-5(3-9-6)4-1-2-4/h3-4H,1-2H2,(H,7,8). The molecule has 0 spiro atoms. The monoisotopic (exact) mass is 141 g/mol. The van der Waals surface area contributed by atoms with Crippen LogP contribution < -0.4 is 4.87 Å². The topological polar surface area (TPSA) is 32.9 Å². The number of rotatable bonds is 1. The lowest BCUT2D eigenvalue weighted by molar-refractivity contribution is 1.04. The van der Waals surface area contributed by atoms with E-state index in [1.54, 1.807) is 0 Å². The van der Waals surface area contributed by atoms with Gasteiger partial charge in [-0.15, -0.1) is 0 Å². The average molecular weight is 141 g/mol. The van der Waals surface area contributed by atoms with Gasteiger partial charge in [-0.25, -0.2) is 0 Å². The van der Waals surface area contributed by atoms with Crippen molar-refractivity contribution in [2.24, 2.45) is 0 Å². The van der Waals surface area contributed by atoms with Gasteiger partial charge in [0.05, 0.1) is 0 Å². The van der Waals surface area contributed by atoms with Gasteiger partial charge in [0.1, 0.15) is 0 Å². The fraction of sp³-hybridized carbons (Fsp3) is 0.500. The second-order valence-electron chi connectivity index (χ2n) is 2.38. The first kappa shape index (κ1) is 5.23. The summed E-state index contributed by atoms with van der Waals surface area (Å²) in [5.41, 5.74) is 1.14. The van der Waals surface area contributed by atoms with E-state index in [4.69, 9.17) is 0 Å². The molecule has 9 heavy (non-hydrogen) atoms. The molecule has 1 aromatic heterocycles. The molecule has 3 heteroatoms. The van der Waals surface area contributed by atoms with E-state index in [9.17, 15) is 4.79 Å². The molecule has 1 aliphatic carbocycles. The summed E-state index contributed by atoms with van der Waals surface area (Å²) < 4.78 is 0. The maximum Gasteiger partial charge on any atom is 0.304 e. The van der Waals surface area contributed by atoms with Crippen LogP contribution in [0.15, 0.2) is 10.2 Å². The van der Waals surface area contributed by atoms with Crippen molar-refractivity contribution in [1.82, 2.24) is 4.98 Å². The van der Waals surface area contributed by atoms with Gasteiger partial charge in [-0.05, 0) is 18.8 Å². The Morgan fingerprint density at radius 1 is 1.67 bits per heavy atom. The molecule has 0 radical (unpaired) electrons. The molecular formula is C6H7NOS. The highest BCUT2D eigenvalue weighted by Crippen LogP contribution is 2.38. The second-order valence-corrected chi connectivity index (χ2v) is 3.22. The van der Waals surface area contributed by atoms with Gasteiger partial charge in [0.25, 0.3) is 0 Å². The van der Waals surface area contributed by atoms with E-state index in [0.29, 0.717) is 5.92 Å². The Morgan fingerprint density at radius 3 is 2.89 bits per heavy atom. The van der Waals surface area contributed by atoms with E-state index >= 15 is 0 Å². The van der Waals surface area contributed by atoms with Gasteiger partial charge < -0.3 is 4.98 Å². The van der Waals surface area contributed by atoms with Crippen LogP contribution in [-0.2, 0) is 0 Å². The molecule has 0 saturated heterocycles. The first-order valence-corrected chi connectivity index (χ1v) is 3.92. The summed E-state index contributed by atoms with van der Waals surface area (Å²) in [6.45, 7) is 0. The molecule has 0 amide bonds. The third-order valence-corrected chi connectivity index (χ3v) is 2.24. The van der Waals surface area contributed by atoms with Crippen molar-refractivity contribution in [3.63, 3.8) is 0 Å². The molecule has 0 unspecified atom stereocenters. The second kappa shape index (κ2) is 1.70. The number of aromatic nitrogens is 1. The lowest BCUT2D eigenvalue weighted by Gasteiger charge is -1.83. The van der Waals surface area contributed by atoms with E-state index in [2.05, 4.69) is 4.98 Å². The highest BCUT2D eigenvalue weighted by molar-refractivity contribution is 7.07. The van der Waals surface area contributed by atoms with Gasteiger partial charge in [0, 0.05) is 11.1 Å². The van der Waals surface area contributed by atoms with E-state index in [-0.39, 0.29) is 4.87 Å². The molecular weight excluding hydrogens is 134 g/mol. The third-order valence-electron chi connectivity index (χ3n) is 1.56. The SMILES string of the molecule is O=c1[nH]c(C2CC2)cs1. The van der Waals surface area contributed by atoms with E-state index < -0.39 is 0 Å². The Balaban J connectivity index is 2.38. The molecule has 1 heterocycles. The van der Waals surface area contributed by atoms with Crippen LogP contribution in [0.1, 0.15) is 24.5 Å². The molecule has 1 aliphatic rings. The zero-order chi connectivity index (χ0) is 6.27. The van der Waals surface area contributed by atoms with Gasteiger partial charge in [-0.2, -0.15) is 0 Å². The lowest BCUT2D eigenvalue weighted by atomic mass is 10.3. The van der Waals surface area contributed by atoms with Crippen molar-refractivity contribution in [3.8, 4) is 0 Å². The predicted molar refractivity (Wildman–Crippen MR) is 36.9 cm³/mol. The van der Waals surface area contributed by atoms with Crippen LogP contribution in [-0.4, -0.2) is 4.98 Å². The van der Waals surface area contributed by atoms with Crippen molar-refractivity contribution >= 4 is 11.3 Å². The Hall–Kier alpha value is -0.570. The molecule has 1 N–H and O–H groups in total. The van der Waals surface area contributed by atoms with Crippen molar-refractivity contribution in [2.75, 3.05) is 0 Å². The summed E-state index contributed by atoms with van der Waals surface area (Å²) in [7, 11) is 0. The maximum absolute atomic E-state index is 10.6. The van der Waals surface area contributed by atoms with Crippen molar-refractivity contribution < 1.29 is 0 Å². The van der Waals surface area contributed by atoms with Gasteiger partial charge in [0.2, 0.25) is 0 Å². The van der Waals surface area contributed by atoms with Crippen LogP contribution in [0.4, 0.5) is 0 Å². The van der Waals surface area contributed by atoms with Crippen molar-refractivity contribution in [3.05, 3.63) is 20.7 Å². The minimum Gasteiger partial charge on any atom is -0.316 e. The highest BCUT2D eigenvalue weighted by atomic mass is 32.1. The third kappa shape index (κ3) is 0.920. The Labute approximate surface area is 56.5 Å².